The van der Waals surface area contributed by atoms with Crippen molar-refractivity contribution in [3.63, 3.8) is 0 Å². The Bertz CT molecular complexity index is 1700. The molecule has 3 heterocycles. The van der Waals surface area contributed by atoms with Gasteiger partial charge < -0.3 is 4.40 Å². The van der Waals surface area contributed by atoms with Crippen LogP contribution < -0.4 is 4.57 Å². The molecule has 0 saturated heterocycles. The molecule has 6 aromatic rings. The normalized spacial score (nSPS) is 12.8. The highest BCUT2D eigenvalue weighted by molar-refractivity contribution is 6.26. The first-order chi connectivity index (χ1) is 15.3. The fourth-order valence-electron chi connectivity index (χ4n) is 5.68. The predicted octanol–water partition coefficient (Wildman–Crippen LogP) is 7.07. The third-order valence-corrected chi connectivity index (χ3v) is 7.47. The number of rotatable bonds is 2. The summed E-state index contributed by atoms with van der Waals surface area (Å²) in [6.45, 7) is 13.7. The maximum Gasteiger partial charge on any atom is 0.287 e. The third-order valence-electron chi connectivity index (χ3n) is 7.47. The molecule has 0 aliphatic heterocycles. The molecule has 0 aliphatic carbocycles. The highest BCUT2D eigenvalue weighted by Crippen LogP contribution is 2.43. The molecule has 3 heteroatoms. The Labute approximate surface area is 188 Å². The second kappa shape index (κ2) is 6.41. The van der Waals surface area contributed by atoms with E-state index in [1.54, 1.807) is 0 Å². The maximum atomic E-state index is 4.88. The first-order valence-corrected chi connectivity index (χ1v) is 11.7. The first kappa shape index (κ1) is 19.5. The van der Waals surface area contributed by atoms with Crippen LogP contribution in [0.15, 0.2) is 42.7 Å². The van der Waals surface area contributed by atoms with E-state index in [2.05, 4.69) is 94.0 Å². The van der Waals surface area contributed by atoms with Gasteiger partial charge in [-0.3, -0.25) is 0 Å². The fourth-order valence-corrected chi connectivity index (χ4v) is 5.68. The van der Waals surface area contributed by atoms with E-state index in [0.29, 0.717) is 11.8 Å². The third kappa shape index (κ3) is 2.31. The van der Waals surface area contributed by atoms with Crippen molar-refractivity contribution in [1.82, 2.24) is 9.38 Å². The highest BCUT2D eigenvalue weighted by atomic mass is 15.0. The Hall–Kier alpha value is -3.20. The molecular formula is C29H30N3+. The average Bonchev–Trinajstić information content (AvgIpc) is 3.09. The molecule has 0 aliphatic rings. The number of fused-ring (bicyclic) bond motifs is 5. The summed E-state index contributed by atoms with van der Waals surface area (Å²) >= 11 is 0. The van der Waals surface area contributed by atoms with Gasteiger partial charge in [-0.15, -0.1) is 0 Å². The molecule has 0 N–H and O–H groups in total. The standard InChI is InChI=1S/C29H30N3/c1-15(2)19-12-22-27-24(13-19)32-23-10-8-9-20(16(3)4)26(23)21-11-17(5)18(6)25(28(21)32)29(27)31(7)14-30-22/h8-16H,1-7H3/q+1. The Kier molecular flexibility index (Phi) is 3.90. The van der Waals surface area contributed by atoms with Crippen LogP contribution in [0, 0.1) is 13.8 Å². The summed E-state index contributed by atoms with van der Waals surface area (Å²) in [5.74, 6) is 0.908. The molecule has 32 heavy (non-hydrogen) atoms. The van der Waals surface area contributed by atoms with Crippen LogP contribution >= 0.6 is 0 Å². The lowest BCUT2D eigenvalue weighted by Gasteiger charge is -2.16. The SMILES string of the molecule is Cc1cc2c3c(C(C)C)cccc3n3c4cc(C(C)C)cc5nc[n+](C)c(c(c1C)c23)c54. The Balaban J connectivity index is 2.08. The van der Waals surface area contributed by atoms with Crippen molar-refractivity contribution in [3.8, 4) is 0 Å². The van der Waals surface area contributed by atoms with E-state index in [1.807, 2.05) is 6.33 Å². The van der Waals surface area contributed by atoms with E-state index >= 15 is 0 Å². The molecule has 0 bridgehead atoms. The summed E-state index contributed by atoms with van der Waals surface area (Å²) in [7, 11) is 2.13. The van der Waals surface area contributed by atoms with E-state index < -0.39 is 0 Å². The summed E-state index contributed by atoms with van der Waals surface area (Å²) in [5.41, 5.74) is 11.7. The largest absolute Gasteiger partial charge is 0.308 e. The highest BCUT2D eigenvalue weighted by Gasteiger charge is 2.26. The van der Waals surface area contributed by atoms with Gasteiger partial charge in [0.15, 0.2) is 5.52 Å². The zero-order valence-electron chi connectivity index (χ0n) is 20.0. The van der Waals surface area contributed by atoms with Crippen LogP contribution in [0.25, 0.3) is 49.1 Å². The van der Waals surface area contributed by atoms with Crippen LogP contribution in [0.3, 0.4) is 0 Å². The van der Waals surface area contributed by atoms with Crippen LogP contribution in [-0.4, -0.2) is 9.38 Å². The number of aromatic nitrogens is 3. The monoisotopic (exact) mass is 420 g/mol. The summed E-state index contributed by atoms with van der Waals surface area (Å²) in [6.07, 6.45) is 1.98. The molecule has 0 saturated carbocycles. The van der Waals surface area contributed by atoms with Gasteiger partial charge in [-0.05, 0) is 77.2 Å². The van der Waals surface area contributed by atoms with Crippen molar-refractivity contribution in [3.05, 3.63) is 65.0 Å². The molecule has 0 amide bonds. The summed E-state index contributed by atoms with van der Waals surface area (Å²) in [5, 5.41) is 5.38. The number of pyridine rings is 1. The molecule has 3 aromatic heterocycles. The quantitative estimate of drug-likeness (QED) is 0.167. The predicted molar refractivity (Wildman–Crippen MR) is 135 cm³/mol. The van der Waals surface area contributed by atoms with E-state index in [4.69, 9.17) is 4.98 Å². The van der Waals surface area contributed by atoms with Gasteiger partial charge in [0.1, 0.15) is 5.52 Å². The molecule has 0 atom stereocenters. The van der Waals surface area contributed by atoms with E-state index in [-0.39, 0.29) is 0 Å². The minimum atomic E-state index is 0.444. The molecule has 3 nitrogen and oxygen atoms in total. The molecule has 0 radical (unpaired) electrons. The Morgan fingerprint density at radius 2 is 1.66 bits per heavy atom. The minimum Gasteiger partial charge on any atom is -0.308 e. The molecule has 0 unspecified atom stereocenters. The van der Waals surface area contributed by atoms with Crippen molar-refractivity contribution in [2.75, 3.05) is 0 Å². The molecule has 0 fully saturated rings. The van der Waals surface area contributed by atoms with Gasteiger partial charge in [0, 0.05) is 10.8 Å². The summed E-state index contributed by atoms with van der Waals surface area (Å²) in [6, 6.07) is 13.9. The molecule has 3 aromatic carbocycles. The minimum absolute atomic E-state index is 0.444. The van der Waals surface area contributed by atoms with Crippen molar-refractivity contribution in [2.45, 2.75) is 53.4 Å². The maximum absolute atomic E-state index is 4.88. The van der Waals surface area contributed by atoms with Crippen LogP contribution in [0.2, 0.25) is 0 Å². The first-order valence-electron chi connectivity index (χ1n) is 11.7. The Morgan fingerprint density at radius 3 is 2.38 bits per heavy atom. The lowest BCUT2D eigenvalue weighted by Crippen LogP contribution is -2.30. The van der Waals surface area contributed by atoms with Gasteiger partial charge in [0.05, 0.1) is 34.4 Å². The van der Waals surface area contributed by atoms with Crippen LogP contribution in [0.5, 0.6) is 0 Å². The lowest BCUT2D eigenvalue weighted by atomic mass is 9.93. The van der Waals surface area contributed by atoms with Crippen LogP contribution in [-0.2, 0) is 7.05 Å². The van der Waals surface area contributed by atoms with Gasteiger partial charge in [0.2, 0.25) is 0 Å². The fraction of sp³-hybridized carbons (Fsp3) is 0.310. The second-order valence-corrected chi connectivity index (χ2v) is 10.1. The smallest absolute Gasteiger partial charge is 0.287 e. The Morgan fingerprint density at radius 1 is 0.875 bits per heavy atom. The number of hydrogen-bond acceptors (Lipinski definition) is 1. The zero-order valence-corrected chi connectivity index (χ0v) is 20.0. The zero-order chi connectivity index (χ0) is 22.5. The molecule has 6 rings (SSSR count). The van der Waals surface area contributed by atoms with Gasteiger partial charge in [-0.1, -0.05) is 39.8 Å². The van der Waals surface area contributed by atoms with Crippen molar-refractivity contribution in [2.24, 2.45) is 7.05 Å². The lowest BCUT2D eigenvalue weighted by molar-refractivity contribution is -0.646. The second-order valence-electron chi connectivity index (χ2n) is 10.1. The molecule has 160 valence electrons. The van der Waals surface area contributed by atoms with Crippen LogP contribution in [0.1, 0.15) is 61.8 Å². The van der Waals surface area contributed by atoms with Crippen molar-refractivity contribution >= 4 is 49.1 Å². The van der Waals surface area contributed by atoms with E-state index in [9.17, 15) is 0 Å². The number of aryl methyl sites for hydroxylation is 3. The molecular weight excluding hydrogens is 390 g/mol. The topological polar surface area (TPSA) is 21.2 Å². The average molecular weight is 421 g/mol. The number of nitrogens with zero attached hydrogens (tertiary/aromatic N) is 3. The van der Waals surface area contributed by atoms with Gasteiger partial charge in [-0.2, -0.15) is 0 Å². The summed E-state index contributed by atoms with van der Waals surface area (Å²) in [4.78, 5) is 4.88. The van der Waals surface area contributed by atoms with Crippen molar-refractivity contribution in [1.29, 1.82) is 0 Å². The van der Waals surface area contributed by atoms with Gasteiger partial charge in [-0.25, -0.2) is 4.57 Å². The van der Waals surface area contributed by atoms with E-state index in [1.165, 1.54) is 65.9 Å². The number of benzene rings is 3. The van der Waals surface area contributed by atoms with Crippen LogP contribution in [0.4, 0.5) is 0 Å². The summed E-state index contributed by atoms with van der Waals surface area (Å²) < 4.78 is 4.74. The van der Waals surface area contributed by atoms with E-state index in [0.717, 1.165) is 5.52 Å². The van der Waals surface area contributed by atoms with Gasteiger partial charge >= 0.3 is 0 Å². The molecule has 0 spiro atoms. The van der Waals surface area contributed by atoms with Crippen molar-refractivity contribution < 1.29 is 4.57 Å². The number of hydrogen-bond donors (Lipinski definition) is 0. The van der Waals surface area contributed by atoms with Gasteiger partial charge in [0.25, 0.3) is 6.33 Å².